The van der Waals surface area contributed by atoms with Gasteiger partial charge in [-0.1, -0.05) is 17.7 Å². The van der Waals surface area contributed by atoms with Crippen LogP contribution in [0, 0.1) is 20.8 Å². The van der Waals surface area contributed by atoms with E-state index < -0.39 is 33.1 Å². The SMILES string of the molecule is Cc1cc(C)c(N[C@H](C(=O)O)C(C(N)=O)=S(=O)=O)c(C)c1. The smallest absolute Gasteiger partial charge is 0.332 e. The van der Waals surface area contributed by atoms with Gasteiger partial charge < -0.3 is 16.2 Å². The summed E-state index contributed by atoms with van der Waals surface area (Å²) in [5.41, 5.74) is 7.86. The Bertz CT molecular complexity index is 706. The molecular formula is C13H16N2O5S. The van der Waals surface area contributed by atoms with Crippen LogP contribution in [0.4, 0.5) is 5.69 Å². The molecule has 0 heterocycles. The highest BCUT2D eigenvalue weighted by Gasteiger charge is 2.30. The minimum absolute atomic E-state index is 0.456. The largest absolute Gasteiger partial charge is 0.479 e. The fourth-order valence-corrected chi connectivity index (χ4v) is 2.63. The predicted octanol–water partition coefficient (Wildman–Crippen LogP) is 0.0138. The minimum Gasteiger partial charge on any atom is -0.479 e. The molecule has 0 bridgehead atoms. The van der Waals surface area contributed by atoms with E-state index in [4.69, 9.17) is 5.73 Å². The Morgan fingerprint density at radius 1 is 1.19 bits per heavy atom. The average molecular weight is 312 g/mol. The first-order valence-electron chi connectivity index (χ1n) is 5.98. The van der Waals surface area contributed by atoms with E-state index in [1.165, 1.54) is 0 Å². The number of hydrogen-bond acceptors (Lipinski definition) is 5. The van der Waals surface area contributed by atoms with Gasteiger partial charge >= 0.3 is 5.97 Å². The molecule has 7 nitrogen and oxygen atoms in total. The highest BCUT2D eigenvalue weighted by molar-refractivity contribution is 7.75. The van der Waals surface area contributed by atoms with Crippen LogP contribution in [0.25, 0.3) is 0 Å². The number of aryl methyl sites for hydroxylation is 3. The Hall–Kier alpha value is -2.35. The quantitative estimate of drug-likeness (QED) is 0.658. The van der Waals surface area contributed by atoms with Gasteiger partial charge in [0.05, 0.1) is 0 Å². The van der Waals surface area contributed by atoms with Gasteiger partial charge in [-0.05, 0) is 31.9 Å². The zero-order valence-corrected chi connectivity index (χ0v) is 12.6. The molecule has 0 spiro atoms. The number of carbonyl (C=O) groups excluding carboxylic acids is 1. The van der Waals surface area contributed by atoms with E-state index in [0.29, 0.717) is 5.69 Å². The number of benzene rings is 1. The van der Waals surface area contributed by atoms with E-state index in [1.807, 2.05) is 19.1 Å². The molecular weight excluding hydrogens is 296 g/mol. The van der Waals surface area contributed by atoms with Crippen molar-refractivity contribution >= 4 is 32.7 Å². The Morgan fingerprint density at radius 3 is 2.00 bits per heavy atom. The predicted molar refractivity (Wildman–Crippen MR) is 78.8 cm³/mol. The van der Waals surface area contributed by atoms with Gasteiger partial charge in [-0.3, -0.25) is 4.79 Å². The van der Waals surface area contributed by atoms with Crippen LogP contribution in [-0.2, 0) is 19.9 Å². The normalized spacial score (nSPS) is 11.6. The number of nitrogens with two attached hydrogens (primary N) is 1. The van der Waals surface area contributed by atoms with Crippen LogP contribution < -0.4 is 11.1 Å². The van der Waals surface area contributed by atoms with Gasteiger partial charge in [-0.15, -0.1) is 0 Å². The van der Waals surface area contributed by atoms with E-state index >= 15 is 0 Å². The minimum atomic E-state index is -3.03. The lowest BCUT2D eigenvalue weighted by molar-refractivity contribution is -0.136. The molecule has 0 saturated heterocycles. The molecule has 1 aromatic rings. The van der Waals surface area contributed by atoms with E-state index in [1.54, 1.807) is 13.8 Å². The number of aliphatic carboxylic acids is 1. The molecule has 0 radical (unpaired) electrons. The number of rotatable bonds is 5. The first-order chi connectivity index (χ1) is 9.65. The van der Waals surface area contributed by atoms with Gasteiger partial charge in [0.1, 0.15) is 0 Å². The number of anilines is 1. The summed E-state index contributed by atoms with van der Waals surface area (Å²) in [6, 6.07) is 1.89. The highest BCUT2D eigenvalue weighted by Crippen LogP contribution is 2.23. The number of hydrogen-bond donors (Lipinski definition) is 3. The van der Waals surface area contributed by atoms with Crippen LogP contribution in [-0.4, -0.2) is 36.3 Å². The number of carbonyl (C=O) groups is 2. The van der Waals surface area contributed by atoms with Crippen molar-refractivity contribution in [2.75, 3.05) is 5.32 Å². The molecule has 1 amide bonds. The van der Waals surface area contributed by atoms with E-state index in [2.05, 4.69) is 5.32 Å². The van der Waals surface area contributed by atoms with Crippen LogP contribution >= 0.6 is 0 Å². The maximum Gasteiger partial charge on any atom is 0.332 e. The first kappa shape index (κ1) is 16.7. The zero-order chi connectivity index (χ0) is 16.3. The van der Waals surface area contributed by atoms with Gasteiger partial charge in [0, 0.05) is 5.69 Å². The lowest BCUT2D eigenvalue weighted by Gasteiger charge is -2.19. The van der Waals surface area contributed by atoms with Crippen LogP contribution in [0.3, 0.4) is 0 Å². The molecule has 8 heteroatoms. The molecule has 0 unspecified atom stereocenters. The Morgan fingerprint density at radius 2 is 1.67 bits per heavy atom. The van der Waals surface area contributed by atoms with Crippen molar-refractivity contribution in [1.29, 1.82) is 0 Å². The zero-order valence-electron chi connectivity index (χ0n) is 11.8. The molecule has 114 valence electrons. The second kappa shape index (κ2) is 6.40. The number of primary amides is 1. The number of carboxylic acids is 1. The van der Waals surface area contributed by atoms with Crippen molar-refractivity contribution in [3.63, 3.8) is 0 Å². The molecule has 0 aliphatic carbocycles. The van der Waals surface area contributed by atoms with E-state index in [-0.39, 0.29) is 0 Å². The van der Waals surface area contributed by atoms with Gasteiger partial charge in [0.2, 0.25) is 10.3 Å². The summed E-state index contributed by atoms with van der Waals surface area (Å²) in [6.07, 6.45) is 0. The molecule has 1 aromatic carbocycles. The van der Waals surface area contributed by atoms with Crippen molar-refractivity contribution in [2.24, 2.45) is 5.73 Å². The van der Waals surface area contributed by atoms with Crippen LogP contribution in [0.15, 0.2) is 12.1 Å². The van der Waals surface area contributed by atoms with E-state index in [9.17, 15) is 23.1 Å². The summed E-state index contributed by atoms with van der Waals surface area (Å²) >= 11 is 0. The Labute approximate surface area is 123 Å². The van der Waals surface area contributed by atoms with Crippen LogP contribution in [0.1, 0.15) is 16.7 Å². The highest BCUT2D eigenvalue weighted by atomic mass is 32.2. The van der Waals surface area contributed by atoms with Gasteiger partial charge in [0.15, 0.2) is 10.9 Å². The van der Waals surface area contributed by atoms with E-state index in [0.717, 1.165) is 16.7 Å². The third-order valence-corrected chi connectivity index (χ3v) is 3.69. The first-order valence-corrected chi connectivity index (χ1v) is 7.05. The third kappa shape index (κ3) is 3.82. The molecule has 0 aromatic heterocycles. The number of amides is 1. The lowest BCUT2D eigenvalue weighted by Crippen LogP contribution is -2.45. The molecule has 0 saturated carbocycles. The lowest BCUT2D eigenvalue weighted by atomic mass is 10.0. The molecule has 1 atom stereocenters. The van der Waals surface area contributed by atoms with Crippen molar-refractivity contribution in [3.8, 4) is 0 Å². The van der Waals surface area contributed by atoms with Crippen molar-refractivity contribution in [2.45, 2.75) is 26.8 Å². The number of carboxylic acid groups (broad SMARTS) is 1. The van der Waals surface area contributed by atoms with Gasteiger partial charge in [0.25, 0.3) is 5.91 Å². The molecule has 0 aliphatic rings. The number of nitrogens with one attached hydrogen (secondary N) is 1. The van der Waals surface area contributed by atoms with Crippen molar-refractivity contribution in [1.82, 2.24) is 0 Å². The van der Waals surface area contributed by atoms with Crippen molar-refractivity contribution in [3.05, 3.63) is 28.8 Å². The summed E-state index contributed by atoms with van der Waals surface area (Å²) in [5, 5.41) is 11.7. The second-order valence-corrected chi connectivity index (χ2v) is 5.56. The summed E-state index contributed by atoms with van der Waals surface area (Å²) in [7, 11) is -3.03. The molecule has 1 rings (SSSR count). The second-order valence-electron chi connectivity index (χ2n) is 4.65. The maximum absolute atomic E-state index is 11.3. The fraction of sp³-hybridized carbons (Fsp3) is 0.308. The van der Waals surface area contributed by atoms with Gasteiger partial charge in [-0.2, -0.15) is 8.42 Å². The van der Waals surface area contributed by atoms with Crippen LogP contribution in [0.2, 0.25) is 0 Å². The summed E-state index contributed by atoms with van der Waals surface area (Å²) < 4.78 is 22.1. The van der Waals surface area contributed by atoms with Crippen molar-refractivity contribution < 1.29 is 23.1 Å². The topological polar surface area (TPSA) is 127 Å². The summed E-state index contributed by atoms with van der Waals surface area (Å²) in [6.45, 7) is 5.38. The average Bonchev–Trinajstić information content (AvgIpc) is 2.30. The Kier molecular flexibility index (Phi) is 5.09. The molecule has 21 heavy (non-hydrogen) atoms. The fourth-order valence-electron chi connectivity index (χ4n) is 2.11. The molecule has 0 fully saturated rings. The molecule has 0 aliphatic heterocycles. The standard InChI is InChI=1S/C13H16N2O5S/c1-6-4-7(2)9(8(3)5-6)15-10(13(17)18)11(12(14)16)21(19)20/h4-5,10,15H,1-3H3,(H2,14,16)(H,17,18)/t10-/m0/s1. The molecule has 4 N–H and O–H groups in total. The monoisotopic (exact) mass is 312 g/mol. The maximum atomic E-state index is 11.3. The Balaban J connectivity index is 3.39. The summed E-state index contributed by atoms with van der Waals surface area (Å²) in [5.74, 6) is -2.81. The van der Waals surface area contributed by atoms with Gasteiger partial charge in [-0.25, -0.2) is 4.79 Å². The van der Waals surface area contributed by atoms with Crippen LogP contribution in [0.5, 0.6) is 0 Å². The third-order valence-electron chi connectivity index (χ3n) is 2.90. The summed E-state index contributed by atoms with van der Waals surface area (Å²) in [4.78, 5) is 21.6.